The topological polar surface area (TPSA) is 61.9 Å². The van der Waals surface area contributed by atoms with Crippen molar-refractivity contribution < 1.29 is 9.47 Å². The first-order valence-electron chi connectivity index (χ1n) is 10.9. The molecule has 0 unspecified atom stereocenters. The number of aromatic nitrogens is 1. The molecule has 2 aliphatic rings. The average Bonchev–Trinajstić information content (AvgIpc) is 3.33. The van der Waals surface area contributed by atoms with E-state index in [0.29, 0.717) is 5.41 Å². The Labute approximate surface area is 173 Å². The van der Waals surface area contributed by atoms with Crippen LogP contribution in [-0.4, -0.2) is 56.2 Å². The number of benzene rings is 1. The fraction of sp³-hybridized carbons (Fsp3) is 0.609. The molecular formula is C23H34N4O2. The van der Waals surface area contributed by atoms with Crippen molar-refractivity contribution in [3.63, 3.8) is 0 Å². The van der Waals surface area contributed by atoms with Gasteiger partial charge in [0.25, 0.3) is 0 Å². The predicted molar refractivity (Wildman–Crippen MR) is 118 cm³/mol. The van der Waals surface area contributed by atoms with Gasteiger partial charge in [0.15, 0.2) is 5.96 Å². The highest BCUT2D eigenvalue weighted by molar-refractivity contribution is 5.88. The van der Waals surface area contributed by atoms with Crippen LogP contribution >= 0.6 is 0 Å². The first kappa shape index (κ1) is 19.9. The lowest BCUT2D eigenvalue weighted by Crippen LogP contribution is -2.42. The van der Waals surface area contributed by atoms with Crippen LogP contribution in [0.3, 0.4) is 0 Å². The molecule has 0 atom stereocenters. The molecule has 0 amide bonds. The van der Waals surface area contributed by atoms with Crippen LogP contribution in [-0.2, 0) is 6.42 Å². The molecule has 6 heteroatoms. The second-order valence-electron chi connectivity index (χ2n) is 8.45. The molecule has 29 heavy (non-hydrogen) atoms. The third-order valence-corrected chi connectivity index (χ3v) is 6.54. The van der Waals surface area contributed by atoms with Crippen molar-refractivity contribution in [2.45, 2.75) is 45.4 Å². The summed E-state index contributed by atoms with van der Waals surface area (Å²) < 4.78 is 10.9. The number of hydrogen-bond donors (Lipinski definition) is 2. The monoisotopic (exact) mass is 398 g/mol. The Bertz CT molecular complexity index is 869. The summed E-state index contributed by atoms with van der Waals surface area (Å²) in [5.74, 6) is 2.74. The van der Waals surface area contributed by atoms with Crippen molar-refractivity contribution in [2.75, 3.05) is 40.4 Å². The number of aromatic amines is 1. The van der Waals surface area contributed by atoms with E-state index in [4.69, 9.17) is 14.5 Å². The van der Waals surface area contributed by atoms with E-state index in [-0.39, 0.29) is 0 Å². The van der Waals surface area contributed by atoms with Crippen LogP contribution in [0.2, 0.25) is 0 Å². The second-order valence-corrected chi connectivity index (χ2v) is 8.45. The molecule has 2 fully saturated rings. The number of guanidine groups is 1. The smallest absolute Gasteiger partial charge is 0.193 e. The molecule has 2 aromatic rings. The van der Waals surface area contributed by atoms with Gasteiger partial charge in [0.2, 0.25) is 0 Å². The van der Waals surface area contributed by atoms with Crippen molar-refractivity contribution in [1.82, 2.24) is 15.2 Å². The summed E-state index contributed by atoms with van der Waals surface area (Å²) in [6, 6.07) is 6.13. The number of H-pyrrole nitrogens is 1. The number of nitrogens with zero attached hydrogens (tertiary/aromatic N) is 2. The summed E-state index contributed by atoms with van der Waals surface area (Å²) in [5.41, 5.74) is 2.86. The van der Waals surface area contributed by atoms with Crippen molar-refractivity contribution in [1.29, 1.82) is 0 Å². The largest absolute Gasteiger partial charge is 0.497 e. The number of rotatable bonds is 7. The zero-order valence-corrected chi connectivity index (χ0v) is 18.0. The molecule has 1 aromatic heterocycles. The van der Waals surface area contributed by atoms with Crippen LogP contribution in [0.4, 0.5) is 0 Å². The van der Waals surface area contributed by atoms with Crippen LogP contribution in [0, 0.1) is 5.41 Å². The lowest BCUT2D eigenvalue weighted by atomic mass is 9.68. The summed E-state index contributed by atoms with van der Waals surface area (Å²) in [5, 5.41) is 4.60. The van der Waals surface area contributed by atoms with Crippen LogP contribution in [0.15, 0.2) is 23.2 Å². The van der Waals surface area contributed by atoms with E-state index >= 15 is 0 Å². The van der Waals surface area contributed by atoms with E-state index in [1.807, 2.05) is 12.1 Å². The minimum Gasteiger partial charge on any atom is -0.497 e. The lowest BCUT2D eigenvalue weighted by Gasteiger charge is -2.38. The molecule has 1 aromatic carbocycles. The molecule has 158 valence electrons. The number of fused-ring (bicyclic) bond motifs is 1. The van der Waals surface area contributed by atoms with Gasteiger partial charge in [0, 0.05) is 49.4 Å². The fourth-order valence-corrected chi connectivity index (χ4v) is 4.74. The van der Waals surface area contributed by atoms with Crippen LogP contribution in [0.1, 0.15) is 44.7 Å². The molecule has 6 nitrogen and oxygen atoms in total. The number of aryl methyl sites for hydroxylation is 1. The van der Waals surface area contributed by atoms with E-state index in [2.05, 4.69) is 28.2 Å². The molecule has 1 aliphatic carbocycles. The minimum atomic E-state index is 0.598. The molecule has 1 saturated carbocycles. The molecule has 0 bridgehead atoms. The molecule has 4 rings (SSSR count). The molecular weight excluding hydrogens is 364 g/mol. The SMILES string of the molecule is CCNC(=NCCCc1cc2c(OC)cc(OC)cc2[nH]1)N1CCC2(CCC2)C1. The number of hydrogen-bond acceptors (Lipinski definition) is 3. The molecule has 1 spiro atoms. The zero-order valence-electron chi connectivity index (χ0n) is 18.0. The van der Waals surface area contributed by atoms with Crippen LogP contribution < -0.4 is 14.8 Å². The summed E-state index contributed by atoms with van der Waals surface area (Å²) in [6.07, 6.45) is 7.52. The number of aliphatic imine (C=N–C) groups is 1. The zero-order chi connectivity index (χ0) is 20.3. The summed E-state index contributed by atoms with van der Waals surface area (Å²) in [4.78, 5) is 10.9. The maximum atomic E-state index is 5.52. The van der Waals surface area contributed by atoms with Crippen molar-refractivity contribution >= 4 is 16.9 Å². The molecule has 2 N–H and O–H groups in total. The second kappa shape index (κ2) is 8.56. The fourth-order valence-electron chi connectivity index (χ4n) is 4.74. The highest BCUT2D eigenvalue weighted by Crippen LogP contribution is 2.47. The van der Waals surface area contributed by atoms with Gasteiger partial charge in [-0.05, 0) is 50.5 Å². The summed E-state index contributed by atoms with van der Waals surface area (Å²) in [6.45, 7) is 6.24. The summed E-state index contributed by atoms with van der Waals surface area (Å²) in [7, 11) is 3.38. The highest BCUT2D eigenvalue weighted by atomic mass is 16.5. The quantitative estimate of drug-likeness (QED) is 0.421. The first-order valence-corrected chi connectivity index (χ1v) is 10.9. The van der Waals surface area contributed by atoms with Gasteiger partial charge in [-0.25, -0.2) is 0 Å². The Hall–Kier alpha value is -2.37. The maximum Gasteiger partial charge on any atom is 0.193 e. The molecule has 1 aliphatic heterocycles. The van der Waals surface area contributed by atoms with Gasteiger partial charge in [0.1, 0.15) is 11.5 Å². The van der Waals surface area contributed by atoms with E-state index in [0.717, 1.165) is 60.8 Å². The van der Waals surface area contributed by atoms with Gasteiger partial charge in [0.05, 0.1) is 19.7 Å². The Morgan fingerprint density at radius 3 is 2.72 bits per heavy atom. The predicted octanol–water partition coefficient (Wildman–Crippen LogP) is 3.96. The highest BCUT2D eigenvalue weighted by Gasteiger charge is 2.43. The number of likely N-dealkylation sites (tertiary alicyclic amines) is 1. The first-order chi connectivity index (χ1) is 14.2. The molecule has 2 heterocycles. The van der Waals surface area contributed by atoms with Crippen molar-refractivity contribution in [3.05, 3.63) is 23.9 Å². The standard InChI is InChI=1S/C23H34N4O2/c1-4-24-22(27-12-10-23(16-27)8-6-9-23)25-11-5-7-17-13-19-20(26-17)14-18(28-2)15-21(19)29-3/h13-15,26H,4-12,16H2,1-3H3,(H,24,25). The number of ether oxygens (including phenoxy) is 2. The Morgan fingerprint density at radius 2 is 2.07 bits per heavy atom. The van der Waals surface area contributed by atoms with Gasteiger partial charge >= 0.3 is 0 Å². The van der Waals surface area contributed by atoms with Crippen molar-refractivity contribution in [3.8, 4) is 11.5 Å². The Morgan fingerprint density at radius 1 is 1.21 bits per heavy atom. The third-order valence-electron chi connectivity index (χ3n) is 6.54. The van der Waals surface area contributed by atoms with Gasteiger partial charge in [-0.15, -0.1) is 0 Å². The van der Waals surface area contributed by atoms with E-state index in [1.165, 1.54) is 37.9 Å². The Balaban J connectivity index is 1.37. The molecule has 1 saturated heterocycles. The van der Waals surface area contributed by atoms with Gasteiger partial charge < -0.3 is 24.7 Å². The van der Waals surface area contributed by atoms with E-state index < -0.39 is 0 Å². The van der Waals surface area contributed by atoms with Crippen LogP contribution in [0.5, 0.6) is 11.5 Å². The van der Waals surface area contributed by atoms with E-state index in [1.54, 1.807) is 14.2 Å². The van der Waals surface area contributed by atoms with E-state index in [9.17, 15) is 0 Å². The Kier molecular flexibility index (Phi) is 5.88. The number of methoxy groups -OCH3 is 2. The van der Waals surface area contributed by atoms with Crippen molar-refractivity contribution in [2.24, 2.45) is 10.4 Å². The average molecular weight is 399 g/mol. The normalized spacial score (nSPS) is 18.3. The van der Waals surface area contributed by atoms with Gasteiger partial charge in [-0.1, -0.05) is 6.42 Å². The maximum absolute atomic E-state index is 5.52. The number of nitrogens with one attached hydrogen (secondary N) is 2. The van der Waals surface area contributed by atoms with Gasteiger partial charge in [-0.3, -0.25) is 4.99 Å². The lowest BCUT2D eigenvalue weighted by molar-refractivity contribution is 0.151. The summed E-state index contributed by atoms with van der Waals surface area (Å²) >= 11 is 0. The molecule has 0 radical (unpaired) electrons. The minimum absolute atomic E-state index is 0.598. The van der Waals surface area contributed by atoms with Gasteiger partial charge in [-0.2, -0.15) is 0 Å². The van der Waals surface area contributed by atoms with Crippen LogP contribution in [0.25, 0.3) is 10.9 Å². The third kappa shape index (κ3) is 4.16.